The Morgan fingerprint density at radius 1 is 1.07 bits per heavy atom. The Kier molecular flexibility index (Phi) is 5.93. The molecule has 1 N–H and O–H groups in total. The van der Waals surface area contributed by atoms with Gasteiger partial charge < -0.3 is 14.8 Å². The molecule has 0 radical (unpaired) electrons. The van der Waals surface area contributed by atoms with Gasteiger partial charge in [-0.15, -0.1) is 0 Å². The Balaban J connectivity index is 1.70. The average molecular weight is 388 g/mol. The third-order valence-corrected chi connectivity index (χ3v) is 4.32. The molecule has 3 rings (SSSR count). The van der Waals surface area contributed by atoms with Gasteiger partial charge >= 0.3 is 6.03 Å². The maximum absolute atomic E-state index is 13.0. The van der Waals surface area contributed by atoms with Crippen LogP contribution in [0, 0.1) is 5.82 Å². The van der Waals surface area contributed by atoms with E-state index in [4.69, 9.17) is 9.47 Å². The summed E-state index contributed by atoms with van der Waals surface area (Å²) in [6, 6.07) is 8.56. The summed E-state index contributed by atoms with van der Waals surface area (Å²) < 4.78 is 23.2. The highest BCUT2D eigenvalue weighted by Crippen LogP contribution is 2.24. The molecule has 1 fully saturated rings. The summed E-state index contributed by atoms with van der Waals surface area (Å²) in [5, 5.41) is 5.47. The summed E-state index contributed by atoms with van der Waals surface area (Å²) in [5.41, 5.74) is 0.995. The van der Waals surface area contributed by atoms with Crippen LogP contribution < -0.4 is 14.8 Å². The summed E-state index contributed by atoms with van der Waals surface area (Å²) in [6.45, 7) is 1.04. The predicted octanol–water partition coefficient (Wildman–Crippen LogP) is 2.21. The number of nitrogens with one attached hydrogen (secondary N) is 1. The lowest BCUT2D eigenvalue weighted by Crippen LogP contribution is -2.49. The first-order valence-corrected chi connectivity index (χ1v) is 8.74. The van der Waals surface area contributed by atoms with Crippen molar-refractivity contribution in [2.45, 2.75) is 13.0 Å². The third kappa shape index (κ3) is 4.13. The van der Waals surface area contributed by atoms with Crippen LogP contribution >= 0.6 is 0 Å². The van der Waals surface area contributed by atoms with Crippen LogP contribution in [0.4, 0.5) is 9.18 Å². The van der Waals surface area contributed by atoms with E-state index < -0.39 is 6.03 Å². The highest BCUT2D eigenvalue weighted by molar-refractivity contribution is 5.97. The quantitative estimate of drug-likeness (QED) is 0.849. The minimum atomic E-state index is -0.407. The molecule has 2 aromatic rings. The molecule has 3 amide bonds. The normalized spacial score (nSPS) is 13.4. The monoisotopic (exact) mass is 388 g/mol. The van der Waals surface area contributed by atoms with Crippen LogP contribution in [0.1, 0.15) is 22.3 Å². The van der Waals surface area contributed by atoms with E-state index in [-0.39, 0.29) is 29.7 Å². The molecule has 28 heavy (non-hydrogen) atoms. The Morgan fingerprint density at radius 3 is 2.46 bits per heavy atom. The number of carbonyl (C=O) groups is 2. The second-order valence-electron chi connectivity index (χ2n) is 6.10. The van der Waals surface area contributed by atoms with Crippen molar-refractivity contribution < 1.29 is 23.5 Å². The number of benzene rings is 1. The van der Waals surface area contributed by atoms with Gasteiger partial charge in [-0.2, -0.15) is 4.98 Å². The largest absolute Gasteiger partial charge is 0.481 e. The number of methoxy groups -OCH3 is 2. The molecule has 148 valence electrons. The molecule has 0 bridgehead atoms. The van der Waals surface area contributed by atoms with E-state index in [0.29, 0.717) is 25.4 Å². The highest BCUT2D eigenvalue weighted by atomic mass is 19.1. The first-order valence-electron chi connectivity index (χ1n) is 8.74. The molecule has 1 aliphatic rings. The molecule has 0 spiro atoms. The fourth-order valence-electron chi connectivity index (χ4n) is 2.90. The van der Waals surface area contributed by atoms with Gasteiger partial charge in [0, 0.05) is 25.7 Å². The molecular weight excluding hydrogens is 367 g/mol. The smallest absolute Gasteiger partial charge is 0.336 e. The van der Waals surface area contributed by atoms with Crippen molar-refractivity contribution in [3.05, 3.63) is 53.3 Å². The van der Waals surface area contributed by atoms with Crippen LogP contribution in [-0.2, 0) is 6.54 Å². The maximum atomic E-state index is 13.0. The highest BCUT2D eigenvalue weighted by Gasteiger charge is 2.33. The summed E-state index contributed by atoms with van der Waals surface area (Å²) in [7, 11) is 2.88. The van der Waals surface area contributed by atoms with Crippen molar-refractivity contribution in [3.8, 4) is 11.8 Å². The number of amides is 3. The van der Waals surface area contributed by atoms with Crippen LogP contribution in [0.2, 0.25) is 0 Å². The Hall–Kier alpha value is -3.36. The van der Waals surface area contributed by atoms with Crippen molar-refractivity contribution in [1.82, 2.24) is 20.3 Å². The van der Waals surface area contributed by atoms with E-state index >= 15 is 0 Å². The molecule has 1 saturated heterocycles. The fraction of sp³-hybridized carbons (Fsp3) is 0.316. The zero-order chi connectivity index (χ0) is 20.1. The maximum Gasteiger partial charge on any atom is 0.336 e. The second kappa shape index (κ2) is 8.55. The van der Waals surface area contributed by atoms with Crippen LogP contribution in [0.25, 0.3) is 0 Å². The molecule has 0 saturated carbocycles. The minimum absolute atomic E-state index is 0.128. The summed E-state index contributed by atoms with van der Waals surface area (Å²) in [6.07, 6.45) is 0.654. The van der Waals surface area contributed by atoms with E-state index in [9.17, 15) is 14.0 Å². The molecule has 2 heterocycles. The number of pyridine rings is 1. The van der Waals surface area contributed by atoms with Gasteiger partial charge in [0.1, 0.15) is 11.4 Å². The van der Waals surface area contributed by atoms with E-state index in [1.807, 2.05) is 0 Å². The van der Waals surface area contributed by atoms with E-state index in [1.165, 1.54) is 36.4 Å². The number of hydrogen-bond acceptors (Lipinski definition) is 5. The van der Waals surface area contributed by atoms with Crippen molar-refractivity contribution in [1.29, 1.82) is 0 Å². The molecule has 0 aliphatic carbocycles. The molecular formula is C19H21FN4O4. The van der Waals surface area contributed by atoms with Gasteiger partial charge in [0.25, 0.3) is 5.91 Å². The molecule has 8 nitrogen and oxygen atoms in total. The van der Waals surface area contributed by atoms with Crippen molar-refractivity contribution >= 4 is 11.9 Å². The van der Waals surface area contributed by atoms with Crippen LogP contribution in [-0.4, -0.2) is 54.2 Å². The third-order valence-electron chi connectivity index (χ3n) is 4.32. The molecule has 1 aromatic carbocycles. The molecule has 1 aliphatic heterocycles. The Morgan fingerprint density at radius 2 is 1.79 bits per heavy atom. The standard InChI is InChI=1S/C19H21FN4O4/c1-27-16-9-8-15(17(22-16)28-2)18(25)23-10-3-11-24(23)19(26)21-12-13-4-6-14(20)7-5-13/h4-9H,3,10-12H2,1-2H3,(H,21,26). The lowest BCUT2D eigenvalue weighted by molar-refractivity contribution is 0.0372. The average Bonchev–Trinajstić information content (AvgIpc) is 3.22. The van der Waals surface area contributed by atoms with Gasteiger partial charge in [-0.3, -0.25) is 4.79 Å². The molecule has 0 unspecified atom stereocenters. The molecule has 9 heteroatoms. The van der Waals surface area contributed by atoms with Gasteiger partial charge in [0.2, 0.25) is 11.8 Å². The number of carbonyl (C=O) groups excluding carboxylic acids is 2. The second-order valence-corrected chi connectivity index (χ2v) is 6.10. The van der Waals surface area contributed by atoms with E-state index in [2.05, 4.69) is 10.3 Å². The first kappa shape index (κ1) is 19.4. The number of rotatable bonds is 5. The number of hydrazine groups is 1. The zero-order valence-electron chi connectivity index (χ0n) is 15.6. The Bertz CT molecular complexity index is 860. The van der Waals surface area contributed by atoms with Crippen LogP contribution in [0.15, 0.2) is 36.4 Å². The van der Waals surface area contributed by atoms with E-state index in [0.717, 1.165) is 5.56 Å². The number of halogens is 1. The van der Waals surface area contributed by atoms with Crippen molar-refractivity contribution in [2.24, 2.45) is 0 Å². The fourth-order valence-corrected chi connectivity index (χ4v) is 2.90. The first-order chi connectivity index (χ1) is 13.5. The summed E-state index contributed by atoms with van der Waals surface area (Å²) in [4.78, 5) is 29.6. The van der Waals surface area contributed by atoms with Crippen molar-refractivity contribution in [3.63, 3.8) is 0 Å². The number of ether oxygens (including phenoxy) is 2. The van der Waals surface area contributed by atoms with Crippen LogP contribution in [0.3, 0.4) is 0 Å². The Labute approximate surface area is 161 Å². The molecule has 0 atom stereocenters. The topological polar surface area (TPSA) is 84.0 Å². The van der Waals surface area contributed by atoms with Crippen LogP contribution in [0.5, 0.6) is 11.8 Å². The van der Waals surface area contributed by atoms with Gasteiger partial charge in [-0.05, 0) is 30.2 Å². The van der Waals surface area contributed by atoms with Gasteiger partial charge in [0.05, 0.1) is 14.2 Å². The minimum Gasteiger partial charge on any atom is -0.481 e. The summed E-state index contributed by atoms with van der Waals surface area (Å²) >= 11 is 0. The van der Waals surface area contributed by atoms with E-state index in [1.54, 1.807) is 24.3 Å². The van der Waals surface area contributed by atoms with Gasteiger partial charge in [-0.1, -0.05) is 12.1 Å². The predicted molar refractivity (Wildman–Crippen MR) is 98.3 cm³/mol. The van der Waals surface area contributed by atoms with Gasteiger partial charge in [-0.25, -0.2) is 19.2 Å². The lowest BCUT2D eigenvalue weighted by atomic mass is 10.2. The number of aromatic nitrogens is 1. The lowest BCUT2D eigenvalue weighted by Gasteiger charge is -2.28. The SMILES string of the molecule is COc1ccc(C(=O)N2CCCN2C(=O)NCc2ccc(F)cc2)c(OC)n1. The number of urea groups is 1. The number of hydrogen-bond donors (Lipinski definition) is 1. The number of nitrogens with zero attached hydrogens (tertiary/aromatic N) is 3. The summed E-state index contributed by atoms with van der Waals surface area (Å²) in [5.74, 6) is -0.276. The van der Waals surface area contributed by atoms with Gasteiger partial charge in [0.15, 0.2) is 0 Å². The van der Waals surface area contributed by atoms with Crippen molar-refractivity contribution in [2.75, 3.05) is 27.3 Å². The molecule has 1 aromatic heterocycles. The zero-order valence-corrected chi connectivity index (χ0v) is 15.6.